The zero-order chi connectivity index (χ0) is 15.2. The van der Waals surface area contributed by atoms with Crippen LogP contribution in [0.1, 0.15) is 36.5 Å². The Labute approximate surface area is 124 Å². The van der Waals surface area contributed by atoms with E-state index >= 15 is 0 Å². The van der Waals surface area contributed by atoms with Gasteiger partial charge in [-0.1, -0.05) is 12.1 Å². The fourth-order valence-corrected chi connectivity index (χ4v) is 1.96. The van der Waals surface area contributed by atoms with Crippen molar-refractivity contribution < 1.29 is 9.53 Å². The highest BCUT2D eigenvalue weighted by molar-refractivity contribution is 5.93. The number of nitrogens with zero attached hydrogens (tertiary/aromatic N) is 3. The molecular formula is C15H20N4O2. The van der Waals surface area contributed by atoms with Crippen LogP contribution in [0.4, 0.5) is 0 Å². The predicted octanol–water partition coefficient (Wildman–Crippen LogP) is 2.11. The Kier molecular flexibility index (Phi) is 4.92. The smallest absolute Gasteiger partial charge is 0.273 e. The van der Waals surface area contributed by atoms with Crippen molar-refractivity contribution in [1.29, 1.82) is 0 Å². The van der Waals surface area contributed by atoms with E-state index in [0.717, 1.165) is 17.9 Å². The summed E-state index contributed by atoms with van der Waals surface area (Å²) in [5.41, 5.74) is 1.92. The van der Waals surface area contributed by atoms with Gasteiger partial charge in [0.05, 0.1) is 18.0 Å². The molecule has 21 heavy (non-hydrogen) atoms. The van der Waals surface area contributed by atoms with Crippen LogP contribution in [0.2, 0.25) is 0 Å². The Bertz CT molecular complexity index is 605. The normalized spacial score (nSPS) is 10.4. The molecule has 0 aliphatic heterocycles. The van der Waals surface area contributed by atoms with Crippen molar-refractivity contribution in [2.45, 2.75) is 27.2 Å². The van der Waals surface area contributed by atoms with Gasteiger partial charge in [0, 0.05) is 6.54 Å². The summed E-state index contributed by atoms with van der Waals surface area (Å²) in [5.74, 6) is 0.617. The van der Waals surface area contributed by atoms with Gasteiger partial charge >= 0.3 is 0 Å². The number of rotatable bonds is 6. The monoisotopic (exact) mass is 288 g/mol. The summed E-state index contributed by atoms with van der Waals surface area (Å²) in [6.45, 7) is 7.04. The molecule has 0 fully saturated rings. The van der Waals surface area contributed by atoms with E-state index in [1.54, 1.807) is 4.68 Å². The van der Waals surface area contributed by atoms with E-state index in [1.165, 1.54) is 0 Å². The first kappa shape index (κ1) is 15.0. The lowest BCUT2D eigenvalue weighted by Crippen LogP contribution is -2.25. The van der Waals surface area contributed by atoms with Crippen LogP contribution in [0.15, 0.2) is 24.3 Å². The first-order valence-corrected chi connectivity index (χ1v) is 7.11. The van der Waals surface area contributed by atoms with Gasteiger partial charge in [0.2, 0.25) is 0 Å². The number of aromatic nitrogens is 3. The minimum absolute atomic E-state index is 0.188. The van der Waals surface area contributed by atoms with Crippen molar-refractivity contribution >= 4 is 5.91 Å². The zero-order valence-corrected chi connectivity index (χ0v) is 12.6. The second kappa shape index (κ2) is 6.88. The summed E-state index contributed by atoms with van der Waals surface area (Å²) in [6.07, 6.45) is 0.887. The molecule has 0 radical (unpaired) electrons. The average molecular weight is 288 g/mol. The summed E-state index contributed by atoms with van der Waals surface area (Å²) in [5, 5.41) is 10.8. The van der Waals surface area contributed by atoms with E-state index in [1.807, 2.05) is 45.0 Å². The van der Waals surface area contributed by atoms with Crippen LogP contribution < -0.4 is 10.1 Å². The minimum Gasteiger partial charge on any atom is -0.494 e. The SMILES string of the molecule is CCCNC(=O)c1nnn(-c2ccc(OCC)cc2)c1C. The fourth-order valence-electron chi connectivity index (χ4n) is 1.96. The van der Waals surface area contributed by atoms with Crippen molar-refractivity contribution in [2.75, 3.05) is 13.2 Å². The van der Waals surface area contributed by atoms with E-state index in [-0.39, 0.29) is 5.91 Å². The lowest BCUT2D eigenvalue weighted by molar-refractivity contribution is 0.0948. The third-order valence-corrected chi connectivity index (χ3v) is 3.04. The molecule has 2 rings (SSSR count). The molecule has 0 unspecified atom stereocenters. The van der Waals surface area contributed by atoms with E-state index < -0.39 is 0 Å². The van der Waals surface area contributed by atoms with Gasteiger partial charge in [-0.25, -0.2) is 4.68 Å². The Balaban J connectivity index is 2.21. The van der Waals surface area contributed by atoms with Gasteiger partial charge in [0.1, 0.15) is 5.75 Å². The van der Waals surface area contributed by atoms with Crippen LogP contribution in [-0.2, 0) is 0 Å². The Hall–Kier alpha value is -2.37. The number of carbonyl (C=O) groups is 1. The molecular weight excluding hydrogens is 268 g/mol. The minimum atomic E-state index is -0.188. The summed E-state index contributed by atoms with van der Waals surface area (Å²) < 4.78 is 7.05. The van der Waals surface area contributed by atoms with Crippen LogP contribution in [0.3, 0.4) is 0 Å². The molecule has 1 aromatic heterocycles. The van der Waals surface area contributed by atoms with E-state index in [2.05, 4.69) is 15.6 Å². The van der Waals surface area contributed by atoms with Crippen LogP contribution in [-0.4, -0.2) is 34.1 Å². The summed E-state index contributed by atoms with van der Waals surface area (Å²) in [6, 6.07) is 7.52. The van der Waals surface area contributed by atoms with Gasteiger partial charge in [0.25, 0.3) is 5.91 Å². The molecule has 0 saturated carbocycles. The van der Waals surface area contributed by atoms with E-state index in [0.29, 0.717) is 24.5 Å². The van der Waals surface area contributed by atoms with E-state index in [9.17, 15) is 4.79 Å². The standard InChI is InChI=1S/C15H20N4O2/c1-4-10-16-15(20)14-11(3)19(18-17-14)12-6-8-13(9-7-12)21-5-2/h6-9H,4-5,10H2,1-3H3,(H,16,20). The highest BCUT2D eigenvalue weighted by Crippen LogP contribution is 2.17. The third kappa shape index (κ3) is 3.39. The van der Waals surface area contributed by atoms with Gasteiger partial charge in [-0.15, -0.1) is 5.10 Å². The summed E-state index contributed by atoms with van der Waals surface area (Å²) in [4.78, 5) is 12.0. The Morgan fingerprint density at radius 2 is 2.00 bits per heavy atom. The molecule has 0 bridgehead atoms. The second-order valence-electron chi connectivity index (χ2n) is 4.62. The first-order valence-electron chi connectivity index (χ1n) is 7.11. The maximum atomic E-state index is 12.0. The molecule has 6 nitrogen and oxygen atoms in total. The molecule has 0 spiro atoms. The lowest BCUT2D eigenvalue weighted by Gasteiger charge is -2.06. The van der Waals surface area contributed by atoms with Crippen molar-refractivity contribution in [1.82, 2.24) is 20.3 Å². The fraction of sp³-hybridized carbons (Fsp3) is 0.400. The molecule has 0 saturated heterocycles. The molecule has 2 aromatic rings. The molecule has 0 atom stereocenters. The summed E-state index contributed by atoms with van der Waals surface area (Å²) in [7, 11) is 0. The van der Waals surface area contributed by atoms with Gasteiger partial charge in [0.15, 0.2) is 5.69 Å². The van der Waals surface area contributed by atoms with Crippen molar-refractivity contribution in [3.05, 3.63) is 35.7 Å². The number of hydrogen-bond acceptors (Lipinski definition) is 4. The number of hydrogen-bond donors (Lipinski definition) is 1. The maximum Gasteiger partial charge on any atom is 0.273 e. The average Bonchev–Trinajstić information content (AvgIpc) is 2.88. The number of benzene rings is 1. The van der Waals surface area contributed by atoms with E-state index in [4.69, 9.17) is 4.74 Å². The van der Waals surface area contributed by atoms with Crippen LogP contribution >= 0.6 is 0 Å². The predicted molar refractivity (Wildman–Crippen MR) is 79.9 cm³/mol. The van der Waals surface area contributed by atoms with Crippen molar-refractivity contribution in [3.8, 4) is 11.4 Å². The van der Waals surface area contributed by atoms with Crippen LogP contribution in [0.25, 0.3) is 5.69 Å². The van der Waals surface area contributed by atoms with Crippen molar-refractivity contribution in [2.24, 2.45) is 0 Å². The number of ether oxygens (including phenoxy) is 1. The molecule has 112 valence electrons. The number of carbonyl (C=O) groups excluding carboxylic acids is 1. The molecule has 1 heterocycles. The molecule has 6 heteroatoms. The largest absolute Gasteiger partial charge is 0.494 e. The zero-order valence-electron chi connectivity index (χ0n) is 12.6. The second-order valence-corrected chi connectivity index (χ2v) is 4.62. The number of nitrogens with one attached hydrogen (secondary N) is 1. The first-order chi connectivity index (χ1) is 10.2. The van der Waals surface area contributed by atoms with Crippen LogP contribution in [0.5, 0.6) is 5.75 Å². The quantitative estimate of drug-likeness (QED) is 0.884. The molecule has 1 N–H and O–H groups in total. The Morgan fingerprint density at radius 3 is 2.62 bits per heavy atom. The maximum absolute atomic E-state index is 12.0. The molecule has 0 aliphatic rings. The van der Waals surface area contributed by atoms with Gasteiger partial charge in [-0.3, -0.25) is 4.79 Å². The summed E-state index contributed by atoms with van der Waals surface area (Å²) >= 11 is 0. The lowest BCUT2D eigenvalue weighted by atomic mass is 10.2. The third-order valence-electron chi connectivity index (χ3n) is 3.04. The van der Waals surface area contributed by atoms with Gasteiger partial charge in [-0.2, -0.15) is 0 Å². The van der Waals surface area contributed by atoms with Crippen molar-refractivity contribution in [3.63, 3.8) is 0 Å². The highest BCUT2D eigenvalue weighted by Gasteiger charge is 2.16. The molecule has 1 aromatic carbocycles. The van der Waals surface area contributed by atoms with Gasteiger partial charge in [-0.05, 0) is 44.5 Å². The number of amides is 1. The van der Waals surface area contributed by atoms with Crippen LogP contribution in [0, 0.1) is 6.92 Å². The Morgan fingerprint density at radius 1 is 1.29 bits per heavy atom. The molecule has 1 amide bonds. The topological polar surface area (TPSA) is 69.0 Å². The van der Waals surface area contributed by atoms with Gasteiger partial charge < -0.3 is 10.1 Å². The highest BCUT2D eigenvalue weighted by atomic mass is 16.5. The molecule has 0 aliphatic carbocycles.